The minimum absolute atomic E-state index is 0.0269. The van der Waals surface area contributed by atoms with Crippen molar-refractivity contribution in [3.8, 4) is 0 Å². The number of benzene rings is 1. The van der Waals surface area contributed by atoms with Gasteiger partial charge in [0.1, 0.15) is 9.09 Å². The molecule has 1 heterocycles. The van der Waals surface area contributed by atoms with Crippen LogP contribution in [0, 0.1) is 6.92 Å². The molecule has 0 aliphatic carbocycles. The molecule has 1 aromatic heterocycles. The number of rotatable bonds is 4. The van der Waals surface area contributed by atoms with Crippen LogP contribution in [0.4, 0.5) is 18.9 Å². The molecule has 124 valence electrons. The zero-order valence-corrected chi connectivity index (χ0v) is 13.1. The fourth-order valence-corrected chi connectivity index (χ4v) is 4.03. The first-order valence-corrected chi connectivity index (χ1v) is 8.34. The molecule has 23 heavy (non-hydrogen) atoms. The molecule has 1 aromatic carbocycles. The molecular weight excluding hydrogens is 355 g/mol. The van der Waals surface area contributed by atoms with Crippen molar-refractivity contribution in [3.05, 3.63) is 46.3 Å². The topological polar surface area (TPSA) is 83.5 Å². The van der Waals surface area contributed by atoms with E-state index in [4.69, 9.17) is 5.11 Å². The smallest absolute Gasteiger partial charge is 0.425 e. The van der Waals surface area contributed by atoms with Gasteiger partial charge in [0.2, 0.25) is 0 Å². The Hall–Kier alpha value is -2.07. The lowest BCUT2D eigenvalue weighted by Crippen LogP contribution is -2.13. The minimum Gasteiger partial charge on any atom is -0.478 e. The molecule has 2 rings (SSSR count). The Morgan fingerprint density at radius 3 is 2.35 bits per heavy atom. The zero-order chi connectivity index (χ0) is 17.4. The number of aromatic carboxylic acids is 1. The molecule has 0 saturated carbocycles. The van der Waals surface area contributed by atoms with Gasteiger partial charge < -0.3 is 5.11 Å². The average molecular weight is 365 g/mol. The highest BCUT2D eigenvalue weighted by Crippen LogP contribution is 2.36. The normalized spacial score (nSPS) is 12.2. The van der Waals surface area contributed by atoms with Gasteiger partial charge in [-0.25, -0.2) is 13.2 Å². The third kappa shape index (κ3) is 3.82. The van der Waals surface area contributed by atoms with E-state index in [-0.39, 0.29) is 22.6 Å². The fourth-order valence-electron chi connectivity index (χ4n) is 1.72. The first kappa shape index (κ1) is 17.3. The van der Waals surface area contributed by atoms with E-state index >= 15 is 0 Å². The van der Waals surface area contributed by atoms with Crippen molar-refractivity contribution in [3.63, 3.8) is 0 Å². The first-order valence-electron chi connectivity index (χ1n) is 6.04. The minimum atomic E-state index is -4.61. The number of carbonyl (C=O) groups is 1. The summed E-state index contributed by atoms with van der Waals surface area (Å²) >= 11 is 0.110. The summed E-state index contributed by atoms with van der Waals surface area (Å²) in [5.41, 5.74) is 0.402. The summed E-state index contributed by atoms with van der Waals surface area (Å²) in [5.74, 6) is -1.17. The Morgan fingerprint density at radius 2 is 1.87 bits per heavy atom. The molecule has 0 radical (unpaired) electrons. The van der Waals surface area contributed by atoms with Gasteiger partial charge in [0.15, 0.2) is 0 Å². The van der Waals surface area contributed by atoms with Crippen LogP contribution in [0.15, 0.2) is 34.5 Å². The van der Waals surface area contributed by atoms with E-state index in [1.807, 2.05) is 0 Å². The molecule has 10 heteroatoms. The van der Waals surface area contributed by atoms with Crippen molar-refractivity contribution in [1.29, 1.82) is 0 Å². The molecule has 0 aliphatic heterocycles. The summed E-state index contributed by atoms with van der Waals surface area (Å²) in [6, 6.07) is 5.27. The third-order valence-electron chi connectivity index (χ3n) is 2.84. The molecule has 0 aliphatic rings. The van der Waals surface area contributed by atoms with Crippen LogP contribution in [-0.4, -0.2) is 19.5 Å². The fraction of sp³-hybridized carbons (Fsp3) is 0.154. The number of hydrogen-bond donors (Lipinski definition) is 2. The number of thiophene rings is 1. The van der Waals surface area contributed by atoms with Crippen molar-refractivity contribution in [2.75, 3.05) is 4.72 Å². The lowest BCUT2D eigenvalue weighted by atomic mass is 10.1. The summed E-state index contributed by atoms with van der Waals surface area (Å²) in [4.78, 5) is 9.81. The molecule has 5 nitrogen and oxygen atoms in total. The van der Waals surface area contributed by atoms with Gasteiger partial charge in [-0.1, -0.05) is 0 Å². The van der Waals surface area contributed by atoms with Crippen molar-refractivity contribution >= 4 is 33.0 Å². The molecule has 0 fully saturated rings. The van der Waals surface area contributed by atoms with Crippen molar-refractivity contribution in [2.45, 2.75) is 17.3 Å². The summed E-state index contributed by atoms with van der Waals surface area (Å²) in [6.45, 7) is 1.49. The standard InChI is InChI=1S/C13H10F3NO4S2/c1-7-6-8(12(18)19)2-3-9(7)17-23(20,21)11-5-4-10(22-11)13(14,15)16/h2-6,17H,1H3,(H,18,19). The number of sulfonamides is 1. The van der Waals surface area contributed by atoms with Gasteiger partial charge in [-0.3, -0.25) is 4.72 Å². The second kappa shape index (κ2) is 5.85. The molecule has 0 atom stereocenters. The van der Waals surface area contributed by atoms with Crippen LogP contribution in [0.2, 0.25) is 0 Å². The summed E-state index contributed by atoms with van der Waals surface area (Å²) in [5, 5.41) is 8.85. The van der Waals surface area contributed by atoms with Crippen molar-refractivity contribution in [1.82, 2.24) is 0 Å². The molecule has 0 unspecified atom stereocenters. The quantitative estimate of drug-likeness (QED) is 0.868. The molecule has 0 spiro atoms. The van der Waals surface area contributed by atoms with Crippen LogP contribution >= 0.6 is 11.3 Å². The zero-order valence-electron chi connectivity index (χ0n) is 11.5. The molecule has 0 saturated heterocycles. The Bertz CT molecular complexity index is 856. The van der Waals surface area contributed by atoms with E-state index < -0.39 is 31.3 Å². The Morgan fingerprint density at radius 1 is 1.22 bits per heavy atom. The molecule has 2 N–H and O–H groups in total. The summed E-state index contributed by atoms with van der Waals surface area (Å²) in [7, 11) is -4.19. The van der Waals surface area contributed by atoms with E-state index in [1.165, 1.54) is 25.1 Å². The number of aryl methyl sites for hydroxylation is 1. The number of anilines is 1. The molecule has 0 amide bonds. The van der Waals surface area contributed by atoms with Gasteiger partial charge in [0, 0.05) is 0 Å². The molecular formula is C13H10F3NO4S2. The predicted molar refractivity (Wildman–Crippen MR) is 78.3 cm³/mol. The van der Waals surface area contributed by atoms with Crippen molar-refractivity contribution in [2.24, 2.45) is 0 Å². The molecule has 0 bridgehead atoms. The number of carboxylic acid groups (broad SMARTS) is 1. The highest BCUT2D eigenvalue weighted by molar-refractivity contribution is 7.94. The summed E-state index contributed by atoms with van der Waals surface area (Å²) < 4.78 is 63.6. The van der Waals surface area contributed by atoms with Gasteiger partial charge in [-0.15, -0.1) is 11.3 Å². The second-order valence-corrected chi connectivity index (χ2v) is 7.55. The van der Waals surface area contributed by atoms with Gasteiger partial charge in [0.05, 0.1) is 11.3 Å². The Balaban J connectivity index is 2.32. The highest BCUT2D eigenvalue weighted by atomic mass is 32.2. The van der Waals surface area contributed by atoms with E-state index in [2.05, 4.69) is 4.72 Å². The van der Waals surface area contributed by atoms with Crippen LogP contribution in [-0.2, 0) is 16.2 Å². The summed E-state index contributed by atoms with van der Waals surface area (Å²) in [6.07, 6.45) is -4.61. The number of halogens is 3. The average Bonchev–Trinajstić information content (AvgIpc) is 2.91. The van der Waals surface area contributed by atoms with Crippen LogP contribution in [0.1, 0.15) is 20.8 Å². The number of hydrogen-bond acceptors (Lipinski definition) is 4. The van der Waals surface area contributed by atoms with Crippen LogP contribution in [0.3, 0.4) is 0 Å². The maximum absolute atomic E-state index is 12.5. The molecule has 2 aromatic rings. The number of carboxylic acids is 1. The maximum Gasteiger partial charge on any atom is 0.425 e. The number of nitrogens with one attached hydrogen (secondary N) is 1. The van der Waals surface area contributed by atoms with E-state index in [1.54, 1.807) is 0 Å². The van der Waals surface area contributed by atoms with Crippen LogP contribution < -0.4 is 4.72 Å². The second-order valence-electron chi connectivity index (χ2n) is 4.56. The van der Waals surface area contributed by atoms with Gasteiger partial charge in [0.25, 0.3) is 10.0 Å². The predicted octanol–water partition coefficient (Wildman–Crippen LogP) is 3.57. The maximum atomic E-state index is 12.5. The monoisotopic (exact) mass is 365 g/mol. The van der Waals surface area contributed by atoms with Crippen molar-refractivity contribution < 1.29 is 31.5 Å². The van der Waals surface area contributed by atoms with E-state index in [9.17, 15) is 26.4 Å². The van der Waals surface area contributed by atoms with E-state index in [0.29, 0.717) is 11.6 Å². The van der Waals surface area contributed by atoms with Crippen LogP contribution in [0.25, 0.3) is 0 Å². The Kier molecular flexibility index (Phi) is 4.40. The van der Waals surface area contributed by atoms with Crippen LogP contribution in [0.5, 0.6) is 0 Å². The highest BCUT2D eigenvalue weighted by Gasteiger charge is 2.34. The van der Waals surface area contributed by atoms with Gasteiger partial charge >= 0.3 is 12.1 Å². The first-order chi connectivity index (χ1) is 10.5. The Labute approximate surface area is 133 Å². The van der Waals surface area contributed by atoms with Gasteiger partial charge in [-0.05, 0) is 42.8 Å². The lowest BCUT2D eigenvalue weighted by Gasteiger charge is -2.10. The third-order valence-corrected chi connectivity index (χ3v) is 5.83. The van der Waals surface area contributed by atoms with Gasteiger partial charge in [-0.2, -0.15) is 13.2 Å². The lowest BCUT2D eigenvalue weighted by molar-refractivity contribution is -0.134. The van der Waals surface area contributed by atoms with E-state index in [0.717, 1.165) is 6.07 Å². The number of alkyl halides is 3. The largest absolute Gasteiger partial charge is 0.478 e. The SMILES string of the molecule is Cc1cc(C(=O)O)ccc1NS(=O)(=O)c1ccc(C(F)(F)F)s1.